The van der Waals surface area contributed by atoms with Gasteiger partial charge in [0.2, 0.25) is 0 Å². The van der Waals surface area contributed by atoms with Crippen LogP contribution in [-0.4, -0.2) is 11.1 Å². The first-order valence-corrected chi connectivity index (χ1v) is 5.17. The molecule has 0 radical (unpaired) electrons. The van der Waals surface area contributed by atoms with Crippen LogP contribution in [0.2, 0.25) is 0 Å². The van der Waals surface area contributed by atoms with Crippen LogP contribution in [0.5, 0.6) is 0 Å². The average Bonchev–Trinajstić information content (AvgIpc) is 2.44. The largest absolute Gasteiger partial charge is 0.480 e. The SMILES string of the molecule is CC1(C)CC1(C(=O)O)c1cc(Br)co1. The summed E-state index contributed by atoms with van der Waals surface area (Å²) in [5, 5.41) is 9.23. The topological polar surface area (TPSA) is 50.4 Å². The Labute approximate surface area is 90.2 Å². The Kier molecular flexibility index (Phi) is 1.83. The summed E-state index contributed by atoms with van der Waals surface area (Å²) in [6.45, 7) is 3.88. The Hall–Kier alpha value is -0.770. The molecule has 4 heteroatoms. The monoisotopic (exact) mass is 258 g/mol. The quantitative estimate of drug-likeness (QED) is 0.888. The number of carbonyl (C=O) groups is 1. The molecule has 0 aliphatic heterocycles. The number of hydrogen-bond donors (Lipinski definition) is 1. The molecule has 1 aliphatic rings. The maximum absolute atomic E-state index is 11.2. The van der Waals surface area contributed by atoms with Crippen molar-refractivity contribution in [2.24, 2.45) is 5.41 Å². The fourth-order valence-corrected chi connectivity index (χ4v) is 2.35. The molecule has 1 aromatic rings. The lowest BCUT2D eigenvalue weighted by molar-refractivity contribution is -0.141. The van der Waals surface area contributed by atoms with E-state index < -0.39 is 11.4 Å². The highest BCUT2D eigenvalue weighted by Crippen LogP contribution is 2.64. The highest BCUT2D eigenvalue weighted by Gasteiger charge is 2.69. The smallest absolute Gasteiger partial charge is 0.317 e. The molecule has 0 spiro atoms. The summed E-state index contributed by atoms with van der Waals surface area (Å²) < 4.78 is 6.05. The lowest BCUT2D eigenvalue weighted by Gasteiger charge is -2.11. The number of halogens is 1. The zero-order chi connectivity index (χ0) is 10.6. The molecule has 1 heterocycles. The van der Waals surface area contributed by atoms with E-state index in [1.807, 2.05) is 13.8 Å². The molecule has 0 aromatic carbocycles. The number of furan rings is 1. The maximum Gasteiger partial charge on any atom is 0.317 e. The summed E-state index contributed by atoms with van der Waals surface area (Å²) in [6.07, 6.45) is 2.16. The predicted octanol–water partition coefficient (Wildman–Crippen LogP) is 2.79. The number of aliphatic carboxylic acids is 1. The molecule has 0 amide bonds. The number of hydrogen-bond acceptors (Lipinski definition) is 2. The molecule has 1 aromatic heterocycles. The Morgan fingerprint density at radius 3 is 2.50 bits per heavy atom. The van der Waals surface area contributed by atoms with Crippen LogP contribution in [0.3, 0.4) is 0 Å². The molecule has 1 fully saturated rings. The van der Waals surface area contributed by atoms with E-state index in [2.05, 4.69) is 15.9 Å². The van der Waals surface area contributed by atoms with Gasteiger partial charge in [-0.05, 0) is 33.8 Å². The Bertz CT molecular complexity index is 394. The lowest BCUT2D eigenvalue weighted by atomic mass is 9.93. The van der Waals surface area contributed by atoms with Crippen molar-refractivity contribution < 1.29 is 14.3 Å². The van der Waals surface area contributed by atoms with Gasteiger partial charge in [0.05, 0.1) is 4.47 Å². The number of carboxylic acids is 1. The van der Waals surface area contributed by atoms with Gasteiger partial charge in [0.15, 0.2) is 0 Å². The van der Waals surface area contributed by atoms with Gasteiger partial charge in [-0.15, -0.1) is 0 Å². The van der Waals surface area contributed by atoms with Crippen LogP contribution in [0, 0.1) is 5.41 Å². The van der Waals surface area contributed by atoms with Gasteiger partial charge in [0.1, 0.15) is 17.4 Å². The first kappa shape index (κ1) is 9.77. The third-order valence-corrected chi connectivity index (χ3v) is 3.51. The standard InChI is InChI=1S/C10H11BrO3/c1-9(2)5-10(9,8(12)13)7-3-6(11)4-14-7/h3-4H,5H2,1-2H3,(H,12,13). The van der Waals surface area contributed by atoms with Gasteiger partial charge in [0, 0.05) is 0 Å². The Morgan fingerprint density at radius 2 is 2.21 bits per heavy atom. The van der Waals surface area contributed by atoms with Gasteiger partial charge in [-0.25, -0.2) is 0 Å². The second-order valence-corrected chi connectivity index (χ2v) is 5.32. The second-order valence-electron chi connectivity index (χ2n) is 4.40. The third kappa shape index (κ3) is 1.06. The zero-order valence-corrected chi connectivity index (χ0v) is 9.59. The van der Waals surface area contributed by atoms with Gasteiger partial charge in [-0.3, -0.25) is 4.79 Å². The van der Waals surface area contributed by atoms with Crippen LogP contribution in [-0.2, 0) is 10.2 Å². The number of carboxylic acid groups (broad SMARTS) is 1. The summed E-state index contributed by atoms with van der Waals surface area (Å²) in [5.74, 6) is -0.258. The van der Waals surface area contributed by atoms with Crippen molar-refractivity contribution in [1.82, 2.24) is 0 Å². The minimum atomic E-state index is -0.820. The summed E-state index contributed by atoms with van der Waals surface area (Å²) in [5.41, 5.74) is -1.03. The van der Waals surface area contributed by atoms with E-state index in [1.54, 1.807) is 6.07 Å². The summed E-state index contributed by atoms with van der Waals surface area (Å²) in [7, 11) is 0. The molecule has 76 valence electrons. The van der Waals surface area contributed by atoms with Crippen molar-refractivity contribution in [2.75, 3.05) is 0 Å². The molecular formula is C10H11BrO3. The van der Waals surface area contributed by atoms with E-state index in [4.69, 9.17) is 4.42 Å². The fourth-order valence-electron chi connectivity index (χ4n) is 2.05. The first-order valence-electron chi connectivity index (χ1n) is 4.38. The summed E-state index contributed by atoms with van der Waals surface area (Å²) in [4.78, 5) is 11.2. The molecule has 2 rings (SSSR count). The van der Waals surface area contributed by atoms with Crippen molar-refractivity contribution in [3.05, 3.63) is 22.6 Å². The predicted molar refractivity (Wildman–Crippen MR) is 54.1 cm³/mol. The van der Waals surface area contributed by atoms with E-state index in [1.165, 1.54) is 6.26 Å². The molecule has 3 nitrogen and oxygen atoms in total. The molecule has 1 unspecified atom stereocenters. The van der Waals surface area contributed by atoms with Crippen LogP contribution in [0.15, 0.2) is 21.2 Å². The highest BCUT2D eigenvalue weighted by molar-refractivity contribution is 9.10. The molecule has 14 heavy (non-hydrogen) atoms. The highest BCUT2D eigenvalue weighted by atomic mass is 79.9. The first-order chi connectivity index (χ1) is 6.40. The minimum Gasteiger partial charge on any atom is -0.480 e. The lowest BCUT2D eigenvalue weighted by Crippen LogP contribution is -2.24. The van der Waals surface area contributed by atoms with Crippen LogP contribution in [0.4, 0.5) is 0 Å². The fraction of sp³-hybridized carbons (Fsp3) is 0.500. The maximum atomic E-state index is 11.2. The van der Waals surface area contributed by atoms with E-state index in [0.29, 0.717) is 12.2 Å². The van der Waals surface area contributed by atoms with E-state index in [9.17, 15) is 9.90 Å². The van der Waals surface area contributed by atoms with E-state index in [0.717, 1.165) is 4.47 Å². The average molecular weight is 259 g/mol. The normalized spacial score (nSPS) is 28.8. The van der Waals surface area contributed by atoms with Crippen LogP contribution in [0.1, 0.15) is 26.0 Å². The van der Waals surface area contributed by atoms with Gasteiger partial charge in [0.25, 0.3) is 0 Å². The van der Waals surface area contributed by atoms with Crippen molar-refractivity contribution in [1.29, 1.82) is 0 Å². The Balaban J connectivity index is 2.46. The zero-order valence-electron chi connectivity index (χ0n) is 8.00. The minimum absolute atomic E-state index is 0.212. The van der Waals surface area contributed by atoms with Crippen molar-refractivity contribution in [2.45, 2.75) is 25.7 Å². The molecule has 1 N–H and O–H groups in total. The number of rotatable bonds is 2. The molecule has 1 atom stereocenters. The molecule has 0 bridgehead atoms. The van der Waals surface area contributed by atoms with E-state index >= 15 is 0 Å². The molecule has 1 saturated carbocycles. The molecule has 1 aliphatic carbocycles. The van der Waals surface area contributed by atoms with Gasteiger partial charge < -0.3 is 9.52 Å². The van der Waals surface area contributed by atoms with Crippen molar-refractivity contribution in [3.8, 4) is 0 Å². The van der Waals surface area contributed by atoms with Crippen molar-refractivity contribution in [3.63, 3.8) is 0 Å². The van der Waals surface area contributed by atoms with Crippen LogP contribution in [0.25, 0.3) is 0 Å². The molecular weight excluding hydrogens is 248 g/mol. The van der Waals surface area contributed by atoms with Gasteiger partial charge in [-0.2, -0.15) is 0 Å². The van der Waals surface area contributed by atoms with Crippen LogP contribution < -0.4 is 0 Å². The summed E-state index contributed by atoms with van der Waals surface area (Å²) >= 11 is 3.25. The Morgan fingerprint density at radius 1 is 1.64 bits per heavy atom. The third-order valence-electron chi connectivity index (χ3n) is 3.09. The van der Waals surface area contributed by atoms with E-state index in [-0.39, 0.29) is 5.41 Å². The second kappa shape index (κ2) is 2.63. The van der Waals surface area contributed by atoms with Crippen molar-refractivity contribution >= 4 is 21.9 Å². The van der Waals surface area contributed by atoms with Gasteiger partial charge >= 0.3 is 5.97 Å². The summed E-state index contributed by atoms with van der Waals surface area (Å²) in [6, 6.07) is 1.74. The van der Waals surface area contributed by atoms with Gasteiger partial charge in [-0.1, -0.05) is 13.8 Å². The molecule has 0 saturated heterocycles. The van der Waals surface area contributed by atoms with Crippen LogP contribution >= 0.6 is 15.9 Å².